The van der Waals surface area contributed by atoms with Crippen LogP contribution in [0.1, 0.15) is 0 Å². The fourth-order valence-electron chi connectivity index (χ4n) is 2.11. The van der Waals surface area contributed by atoms with Gasteiger partial charge in [0.15, 0.2) is 0 Å². The van der Waals surface area contributed by atoms with Gasteiger partial charge in [0.25, 0.3) is 0 Å². The molecule has 2 N–H and O–H groups in total. The van der Waals surface area contributed by atoms with Crippen molar-refractivity contribution in [3.8, 4) is 0 Å². The Morgan fingerprint density at radius 2 is 2.05 bits per heavy atom. The Balaban J connectivity index is 2.11. The lowest BCUT2D eigenvalue weighted by Crippen LogP contribution is -2.42. The van der Waals surface area contributed by atoms with Gasteiger partial charge in [0.05, 0.1) is 13.2 Å². The van der Waals surface area contributed by atoms with E-state index in [1.165, 1.54) is 0 Å². The van der Waals surface area contributed by atoms with Crippen LogP contribution in [0.4, 0.5) is 5.69 Å². The predicted octanol–water partition coefficient (Wildman–Crippen LogP) is 2.57. The van der Waals surface area contributed by atoms with Gasteiger partial charge >= 0.3 is 0 Å². The van der Waals surface area contributed by atoms with Gasteiger partial charge in [-0.05, 0) is 18.5 Å². The van der Waals surface area contributed by atoms with Crippen LogP contribution in [-0.2, 0) is 9.53 Å². The molecule has 1 amide bonds. The molecule has 0 unspecified atom stereocenters. The first-order valence-electron chi connectivity index (χ1n) is 6.90. The number of carbonyl (C=O) groups is 1. The van der Waals surface area contributed by atoms with Crippen molar-refractivity contribution in [3.05, 3.63) is 55.1 Å². The number of fused-ring (bicyclic) bond motifs is 1. The van der Waals surface area contributed by atoms with Crippen LogP contribution in [0.15, 0.2) is 55.1 Å². The molecule has 2 aromatic carbocycles. The Hall–Kier alpha value is -2.17. The van der Waals surface area contributed by atoms with E-state index in [2.05, 4.69) is 17.2 Å². The maximum Gasteiger partial charge on any atom is 0.243 e. The minimum Gasteiger partial charge on any atom is -0.375 e. The van der Waals surface area contributed by atoms with Crippen molar-refractivity contribution in [1.82, 2.24) is 5.32 Å². The highest BCUT2D eigenvalue weighted by molar-refractivity contribution is 6.03. The summed E-state index contributed by atoms with van der Waals surface area (Å²) in [7, 11) is 1.74. The van der Waals surface area contributed by atoms with E-state index in [0.29, 0.717) is 13.2 Å². The van der Waals surface area contributed by atoms with Gasteiger partial charge in [-0.2, -0.15) is 0 Å². The first-order valence-corrected chi connectivity index (χ1v) is 6.90. The lowest BCUT2D eigenvalue weighted by atomic mass is 10.1. The lowest BCUT2D eigenvalue weighted by molar-refractivity contribution is -0.119. The molecular weight excluding hydrogens is 264 g/mol. The van der Waals surface area contributed by atoms with Gasteiger partial charge in [-0.3, -0.25) is 4.79 Å². The Kier molecular flexibility index (Phi) is 5.49. The van der Waals surface area contributed by atoms with E-state index in [-0.39, 0.29) is 5.91 Å². The summed E-state index contributed by atoms with van der Waals surface area (Å²) in [4.78, 5) is 12.3. The second kappa shape index (κ2) is 7.57. The zero-order chi connectivity index (χ0) is 15.1. The highest BCUT2D eigenvalue weighted by atomic mass is 16.5. The van der Waals surface area contributed by atoms with Crippen LogP contribution in [-0.4, -0.2) is 32.2 Å². The largest absolute Gasteiger partial charge is 0.375 e. The number of anilines is 1. The van der Waals surface area contributed by atoms with Gasteiger partial charge in [-0.25, -0.2) is 0 Å². The zero-order valence-corrected chi connectivity index (χ0v) is 12.1. The summed E-state index contributed by atoms with van der Waals surface area (Å²) >= 11 is 0. The molecule has 0 fully saturated rings. The smallest absolute Gasteiger partial charge is 0.243 e. The fourth-order valence-corrected chi connectivity index (χ4v) is 2.11. The van der Waals surface area contributed by atoms with Crippen molar-refractivity contribution in [1.29, 1.82) is 0 Å². The number of nitrogens with one attached hydrogen (secondary N) is 2. The molecule has 4 heteroatoms. The van der Waals surface area contributed by atoms with E-state index in [0.717, 1.165) is 16.5 Å². The summed E-state index contributed by atoms with van der Waals surface area (Å²) in [5.74, 6) is -0.113. The van der Waals surface area contributed by atoms with Gasteiger partial charge in [-0.15, -0.1) is 6.58 Å². The standard InChI is InChI=1S/C17H20N2O2/c1-3-11-21-12-16(18-2)17(20)19-15-10-6-8-13-7-4-5-9-14(13)15/h3-10,16,18H,1,11-12H2,2H3,(H,19,20)/t16-/m0/s1. The van der Waals surface area contributed by atoms with E-state index in [4.69, 9.17) is 4.74 Å². The van der Waals surface area contributed by atoms with Crippen molar-refractivity contribution in [2.45, 2.75) is 6.04 Å². The van der Waals surface area contributed by atoms with Crippen LogP contribution in [0, 0.1) is 0 Å². The van der Waals surface area contributed by atoms with Crippen molar-refractivity contribution in [2.75, 3.05) is 25.6 Å². The first-order chi connectivity index (χ1) is 10.3. The summed E-state index contributed by atoms with van der Waals surface area (Å²) in [5.41, 5.74) is 0.807. The first kappa shape index (κ1) is 15.2. The van der Waals surface area contributed by atoms with Gasteiger partial charge in [0.2, 0.25) is 5.91 Å². The molecule has 0 aromatic heterocycles. The molecule has 0 radical (unpaired) electrons. The molecule has 0 bridgehead atoms. The number of amides is 1. The maximum absolute atomic E-state index is 12.3. The molecule has 0 aliphatic heterocycles. The summed E-state index contributed by atoms with van der Waals surface area (Å²) < 4.78 is 5.34. The molecule has 4 nitrogen and oxygen atoms in total. The van der Waals surface area contributed by atoms with E-state index in [9.17, 15) is 4.79 Å². The van der Waals surface area contributed by atoms with Crippen molar-refractivity contribution in [3.63, 3.8) is 0 Å². The van der Waals surface area contributed by atoms with E-state index < -0.39 is 6.04 Å². The average molecular weight is 284 g/mol. The third kappa shape index (κ3) is 3.90. The topological polar surface area (TPSA) is 50.4 Å². The molecule has 0 aliphatic carbocycles. The number of rotatable bonds is 7. The highest BCUT2D eigenvalue weighted by Crippen LogP contribution is 2.22. The minimum atomic E-state index is -0.399. The van der Waals surface area contributed by atoms with Crippen LogP contribution < -0.4 is 10.6 Å². The molecule has 110 valence electrons. The SMILES string of the molecule is C=CCOC[C@H](NC)C(=O)Nc1cccc2ccccc12. The number of hydrogen-bond acceptors (Lipinski definition) is 3. The van der Waals surface area contributed by atoms with Crippen LogP contribution >= 0.6 is 0 Å². The van der Waals surface area contributed by atoms with Crippen LogP contribution in [0.3, 0.4) is 0 Å². The third-order valence-corrected chi connectivity index (χ3v) is 3.23. The number of carbonyl (C=O) groups excluding carboxylic acids is 1. The minimum absolute atomic E-state index is 0.113. The number of ether oxygens (including phenoxy) is 1. The number of hydrogen-bond donors (Lipinski definition) is 2. The molecule has 0 aliphatic rings. The van der Waals surface area contributed by atoms with Crippen molar-refractivity contribution >= 4 is 22.4 Å². The maximum atomic E-state index is 12.3. The van der Waals surface area contributed by atoms with Crippen LogP contribution in [0.25, 0.3) is 10.8 Å². The molecule has 1 atom stereocenters. The summed E-state index contributed by atoms with van der Waals surface area (Å²) in [6.45, 7) is 4.32. The Morgan fingerprint density at radius 1 is 1.29 bits per heavy atom. The quantitative estimate of drug-likeness (QED) is 0.607. The van der Waals surface area contributed by atoms with Gasteiger partial charge in [0.1, 0.15) is 6.04 Å². The van der Waals surface area contributed by atoms with Gasteiger partial charge < -0.3 is 15.4 Å². The lowest BCUT2D eigenvalue weighted by Gasteiger charge is -2.16. The third-order valence-electron chi connectivity index (χ3n) is 3.23. The van der Waals surface area contributed by atoms with E-state index >= 15 is 0 Å². The molecule has 0 heterocycles. The monoisotopic (exact) mass is 284 g/mol. The molecule has 2 aromatic rings. The molecule has 2 rings (SSSR count). The normalized spacial score (nSPS) is 12.0. The Morgan fingerprint density at radius 3 is 2.81 bits per heavy atom. The fraction of sp³-hybridized carbons (Fsp3) is 0.235. The predicted molar refractivity (Wildman–Crippen MR) is 86.4 cm³/mol. The molecule has 0 saturated heterocycles. The Labute approximate surface area is 124 Å². The summed E-state index contributed by atoms with van der Waals surface area (Å²) in [6, 6.07) is 13.4. The molecule has 0 saturated carbocycles. The van der Waals surface area contributed by atoms with E-state index in [1.54, 1.807) is 13.1 Å². The summed E-state index contributed by atoms with van der Waals surface area (Å²) in [5, 5.41) is 8.03. The highest BCUT2D eigenvalue weighted by Gasteiger charge is 2.17. The summed E-state index contributed by atoms with van der Waals surface area (Å²) in [6.07, 6.45) is 1.66. The van der Waals surface area contributed by atoms with Crippen molar-refractivity contribution < 1.29 is 9.53 Å². The van der Waals surface area contributed by atoms with Crippen molar-refractivity contribution in [2.24, 2.45) is 0 Å². The molecule has 21 heavy (non-hydrogen) atoms. The second-order valence-electron chi connectivity index (χ2n) is 4.68. The zero-order valence-electron chi connectivity index (χ0n) is 12.1. The average Bonchev–Trinajstić information content (AvgIpc) is 2.52. The van der Waals surface area contributed by atoms with Crippen LogP contribution in [0.5, 0.6) is 0 Å². The van der Waals surface area contributed by atoms with Crippen LogP contribution in [0.2, 0.25) is 0 Å². The number of benzene rings is 2. The van der Waals surface area contributed by atoms with Gasteiger partial charge in [-0.1, -0.05) is 42.5 Å². The van der Waals surface area contributed by atoms with Gasteiger partial charge in [0, 0.05) is 11.1 Å². The Bertz CT molecular complexity index is 620. The van der Waals surface area contributed by atoms with E-state index in [1.807, 2.05) is 42.5 Å². The molecule has 0 spiro atoms. The molecular formula is C17H20N2O2. The second-order valence-corrected chi connectivity index (χ2v) is 4.68. The number of likely N-dealkylation sites (N-methyl/N-ethyl adjacent to an activating group) is 1.